The molecule has 0 saturated heterocycles. The molecule has 0 atom stereocenters. The van der Waals surface area contributed by atoms with Crippen LogP contribution in [0.1, 0.15) is 63.8 Å². The average molecular weight is 571 g/mol. The van der Waals surface area contributed by atoms with Gasteiger partial charge in [0.2, 0.25) is 0 Å². The van der Waals surface area contributed by atoms with Crippen LogP contribution >= 0.6 is 15.8 Å². The Labute approximate surface area is 240 Å². The Bertz CT molecular complexity index is 1110. The summed E-state index contributed by atoms with van der Waals surface area (Å²) in [7, 11) is -0.582. The molecule has 0 aromatic heterocycles. The molecular weight excluding hydrogens is 526 g/mol. The van der Waals surface area contributed by atoms with E-state index in [4.69, 9.17) is 0 Å². The Kier molecular flexibility index (Phi) is 12.1. The number of rotatable bonds is 6. The number of hydrogen-bond acceptors (Lipinski definition) is 0. The Morgan fingerprint density at radius 3 is 1.51 bits per heavy atom. The van der Waals surface area contributed by atoms with E-state index in [9.17, 15) is 0 Å². The summed E-state index contributed by atoms with van der Waals surface area (Å²) in [6, 6.07) is 35.1. The summed E-state index contributed by atoms with van der Waals surface area (Å²) in [4.78, 5) is 0. The first-order valence-corrected chi connectivity index (χ1v) is 16.1. The van der Waals surface area contributed by atoms with Gasteiger partial charge < -0.3 is 0 Å². The SMILES string of the molecule is Cc1ccccc1P(Cc1cc[cH-]c1CP(C(C)(C)C)C(C)(C)C)c1ccccc1C.[Fe+2].c1cc[cH-]c1. The van der Waals surface area contributed by atoms with Gasteiger partial charge in [-0.05, 0) is 52.1 Å². The molecule has 0 spiro atoms. The topological polar surface area (TPSA) is 0 Å². The van der Waals surface area contributed by atoms with Crippen LogP contribution in [0, 0.1) is 13.8 Å². The van der Waals surface area contributed by atoms with E-state index in [1.807, 2.05) is 30.3 Å². The molecule has 4 rings (SSSR count). The van der Waals surface area contributed by atoms with Crippen LogP contribution in [0.3, 0.4) is 0 Å². The van der Waals surface area contributed by atoms with Crippen molar-refractivity contribution in [1.29, 1.82) is 0 Å². The third-order valence-corrected chi connectivity index (χ3v) is 13.4. The standard InChI is InChI=1S/C29H39P2.C5H5.Fe/c1-22-14-9-11-18-26(22)30(27-19-12-10-15-23(27)2)20-24-16-13-17-25(24)21-31(28(3,4)5)29(6,7)8;1-2-4-5-3-1;/h9-19H,20-21H2,1-8H3;1-5H;/q2*-1;+2. The zero-order chi connectivity index (χ0) is 26.3. The molecule has 0 heterocycles. The van der Waals surface area contributed by atoms with E-state index in [0.29, 0.717) is 10.3 Å². The van der Waals surface area contributed by atoms with Crippen LogP contribution in [0.5, 0.6) is 0 Å². The molecule has 0 fully saturated rings. The quantitative estimate of drug-likeness (QED) is 0.123. The molecule has 0 aliphatic rings. The predicted molar refractivity (Wildman–Crippen MR) is 166 cm³/mol. The fraction of sp³-hybridized carbons (Fsp3) is 0.353. The van der Waals surface area contributed by atoms with Gasteiger partial charge in [-0.25, -0.2) is 18.2 Å². The minimum Gasteiger partial charge on any atom is -0.214 e. The van der Waals surface area contributed by atoms with Crippen molar-refractivity contribution in [3.8, 4) is 0 Å². The Morgan fingerprint density at radius 1 is 0.622 bits per heavy atom. The van der Waals surface area contributed by atoms with Gasteiger partial charge in [0.15, 0.2) is 0 Å². The smallest absolute Gasteiger partial charge is 0.214 e. The van der Waals surface area contributed by atoms with Crippen LogP contribution in [0.25, 0.3) is 0 Å². The number of hydrogen-bond donors (Lipinski definition) is 0. The summed E-state index contributed by atoms with van der Waals surface area (Å²) >= 11 is 0. The molecule has 0 unspecified atom stereocenters. The maximum absolute atomic E-state index is 2.43. The van der Waals surface area contributed by atoms with Gasteiger partial charge in [-0.15, -0.1) is 0 Å². The van der Waals surface area contributed by atoms with E-state index in [-0.39, 0.29) is 25.0 Å². The molecule has 198 valence electrons. The van der Waals surface area contributed by atoms with E-state index in [0.717, 1.165) is 6.16 Å². The summed E-state index contributed by atoms with van der Waals surface area (Å²) in [6.45, 7) is 19.1. The number of benzene rings is 2. The maximum atomic E-state index is 2.43. The Balaban J connectivity index is 0.000000716. The summed E-state index contributed by atoms with van der Waals surface area (Å²) in [5.74, 6) is 0. The fourth-order valence-electron chi connectivity index (χ4n) is 4.98. The van der Waals surface area contributed by atoms with Crippen molar-refractivity contribution in [1.82, 2.24) is 0 Å². The van der Waals surface area contributed by atoms with Crippen molar-refractivity contribution in [2.45, 2.75) is 78.0 Å². The zero-order valence-corrected chi connectivity index (χ0v) is 26.8. The molecule has 0 radical (unpaired) electrons. The van der Waals surface area contributed by atoms with Gasteiger partial charge in [0.25, 0.3) is 0 Å². The first-order valence-electron chi connectivity index (χ1n) is 13.0. The molecule has 0 nitrogen and oxygen atoms in total. The zero-order valence-electron chi connectivity index (χ0n) is 23.9. The average Bonchev–Trinajstić information content (AvgIpc) is 3.51. The minimum absolute atomic E-state index is 0. The van der Waals surface area contributed by atoms with Crippen molar-refractivity contribution in [2.24, 2.45) is 0 Å². The van der Waals surface area contributed by atoms with E-state index in [1.165, 1.54) is 27.9 Å². The van der Waals surface area contributed by atoms with Crippen molar-refractivity contribution in [2.75, 3.05) is 0 Å². The summed E-state index contributed by atoms with van der Waals surface area (Å²) in [6.07, 6.45) is 2.35. The predicted octanol–water partition coefficient (Wildman–Crippen LogP) is 9.64. The molecule has 0 bridgehead atoms. The van der Waals surface area contributed by atoms with Gasteiger partial charge in [0.05, 0.1) is 0 Å². The van der Waals surface area contributed by atoms with Crippen LogP contribution in [-0.4, -0.2) is 10.3 Å². The van der Waals surface area contributed by atoms with Crippen molar-refractivity contribution < 1.29 is 17.1 Å². The minimum atomic E-state index is -0.433. The monoisotopic (exact) mass is 570 g/mol. The van der Waals surface area contributed by atoms with Gasteiger partial charge in [-0.3, -0.25) is 0 Å². The molecular formula is C34H44FeP2. The Hall–Kier alpha value is -1.48. The molecule has 0 aliphatic heterocycles. The molecule has 0 N–H and O–H groups in total. The van der Waals surface area contributed by atoms with E-state index in [1.54, 1.807) is 11.1 Å². The molecule has 0 amide bonds. The summed E-state index contributed by atoms with van der Waals surface area (Å²) in [5, 5.41) is 3.73. The Morgan fingerprint density at radius 2 is 1.11 bits per heavy atom. The van der Waals surface area contributed by atoms with E-state index in [2.05, 4.69) is 122 Å². The molecule has 4 aromatic carbocycles. The van der Waals surface area contributed by atoms with Gasteiger partial charge >= 0.3 is 17.1 Å². The van der Waals surface area contributed by atoms with Crippen molar-refractivity contribution in [3.05, 3.63) is 119 Å². The van der Waals surface area contributed by atoms with Gasteiger partial charge in [-0.2, -0.15) is 41.5 Å². The first kappa shape index (κ1) is 31.7. The third-order valence-electron chi connectivity index (χ3n) is 6.65. The second-order valence-electron chi connectivity index (χ2n) is 11.6. The van der Waals surface area contributed by atoms with Crippen molar-refractivity contribution in [3.63, 3.8) is 0 Å². The van der Waals surface area contributed by atoms with Gasteiger partial charge in [0, 0.05) is 0 Å². The molecule has 3 heteroatoms. The fourth-order valence-corrected chi connectivity index (χ4v) is 11.4. The maximum Gasteiger partial charge on any atom is 2.00 e. The largest absolute Gasteiger partial charge is 2.00 e. The molecule has 0 aliphatic carbocycles. The second-order valence-corrected chi connectivity index (χ2v) is 17.6. The second kappa shape index (κ2) is 14.1. The van der Waals surface area contributed by atoms with E-state index < -0.39 is 7.92 Å². The molecule has 4 aromatic rings. The van der Waals surface area contributed by atoms with Gasteiger partial charge in [-0.1, -0.05) is 112 Å². The van der Waals surface area contributed by atoms with Crippen LogP contribution in [0.2, 0.25) is 0 Å². The molecule has 37 heavy (non-hydrogen) atoms. The normalized spacial score (nSPS) is 11.7. The van der Waals surface area contributed by atoms with Crippen LogP contribution < -0.4 is 10.6 Å². The molecule has 0 saturated carbocycles. The van der Waals surface area contributed by atoms with E-state index >= 15 is 0 Å². The summed E-state index contributed by atoms with van der Waals surface area (Å²) < 4.78 is 0. The first-order chi connectivity index (χ1) is 17.0. The van der Waals surface area contributed by atoms with Gasteiger partial charge in [0.1, 0.15) is 0 Å². The summed E-state index contributed by atoms with van der Waals surface area (Å²) in [5.41, 5.74) is 5.96. The van der Waals surface area contributed by atoms with Crippen LogP contribution in [0.15, 0.2) is 97.1 Å². The van der Waals surface area contributed by atoms with Crippen molar-refractivity contribution >= 4 is 26.5 Å². The number of aryl methyl sites for hydroxylation is 2. The van der Waals surface area contributed by atoms with Crippen LogP contribution in [-0.2, 0) is 29.4 Å². The third kappa shape index (κ3) is 9.05. The van der Waals surface area contributed by atoms with Crippen LogP contribution in [0.4, 0.5) is 0 Å².